The fraction of sp³-hybridized carbons (Fsp3) is 0. The minimum Gasteiger partial charge on any atom is -0.344 e. The van der Waals surface area contributed by atoms with Crippen molar-refractivity contribution in [2.24, 2.45) is 0 Å². The lowest BCUT2D eigenvalue weighted by Gasteiger charge is -0.707. The molecule has 0 amide bonds. The van der Waals surface area contributed by atoms with Crippen molar-refractivity contribution in [3.63, 3.8) is 0 Å². The summed E-state index contributed by atoms with van der Waals surface area (Å²) in [6, 6.07) is 0. The molecule has 0 unspecified atom stereocenters. The van der Waals surface area contributed by atoms with E-state index in [9.17, 15) is 0 Å². The van der Waals surface area contributed by atoms with Crippen LogP contribution >= 0.6 is 0 Å². The molecule has 4 heavy (non-hydrogen) atoms. The maximum atomic E-state index is 7.00. The maximum absolute atomic E-state index is 7.00. The molecule has 0 atom stereocenters. The summed E-state index contributed by atoms with van der Waals surface area (Å²) in [7, 11) is 0. The molecule has 0 saturated carbocycles. The Bertz CT molecular complexity index is 4.00. The van der Waals surface area contributed by atoms with E-state index in [1.54, 1.807) is 0 Å². The van der Waals surface area contributed by atoms with Gasteiger partial charge in [-0.3, -0.25) is 0 Å². The van der Waals surface area contributed by atoms with Gasteiger partial charge in [-0.15, -0.1) is 0 Å². The monoisotopic (exact) mass is 66.0 g/mol. The van der Waals surface area contributed by atoms with Gasteiger partial charge in [0.2, 0.25) is 0 Å². The van der Waals surface area contributed by atoms with E-state index in [0.717, 1.165) is 0 Å². The van der Waals surface area contributed by atoms with Crippen molar-refractivity contribution in [1.29, 1.82) is 0 Å². The van der Waals surface area contributed by atoms with Gasteiger partial charge in [0.15, 0.2) is 0 Å². The first-order valence-corrected chi connectivity index (χ1v) is 0.167. The molecule has 0 aliphatic rings. The SMILES string of the molecule is N.N.O=O. The summed E-state index contributed by atoms with van der Waals surface area (Å²) in [5, 5.41) is 0. The molecule has 0 radical (unpaired) electrons. The molecule has 0 fully saturated rings. The summed E-state index contributed by atoms with van der Waals surface area (Å²) in [4.78, 5) is 14.0. The van der Waals surface area contributed by atoms with Crippen molar-refractivity contribution in [3.8, 4) is 0 Å². The molecular formula is H6N2O2. The normalized spacial score (nSPS) is 1.00. The van der Waals surface area contributed by atoms with E-state index in [-0.39, 0.29) is 12.3 Å². The molecule has 0 aromatic rings. The van der Waals surface area contributed by atoms with Gasteiger partial charge in [0.05, 0.1) is 0 Å². The van der Waals surface area contributed by atoms with E-state index < -0.39 is 0 Å². The molecule has 28 valence electrons. The van der Waals surface area contributed by atoms with Crippen molar-refractivity contribution in [2.75, 3.05) is 0 Å². The van der Waals surface area contributed by atoms with Crippen LogP contribution in [0.4, 0.5) is 0 Å². The summed E-state index contributed by atoms with van der Waals surface area (Å²) in [5.41, 5.74) is 0. The fourth-order valence-electron chi connectivity index (χ4n) is 0. The highest BCUT2D eigenvalue weighted by molar-refractivity contribution is 4.07. The number of hydrogen-bond acceptors (Lipinski definition) is 4. The lowest BCUT2D eigenvalue weighted by Crippen LogP contribution is -0.674. The lowest BCUT2D eigenvalue weighted by atomic mass is 14.0. The van der Waals surface area contributed by atoms with Crippen LogP contribution in [0.1, 0.15) is 0 Å². The van der Waals surface area contributed by atoms with Gasteiger partial charge in [-0.25, -0.2) is 0 Å². The van der Waals surface area contributed by atoms with E-state index >= 15 is 0 Å². The van der Waals surface area contributed by atoms with Crippen LogP contribution in [-0.4, -0.2) is 0 Å². The van der Waals surface area contributed by atoms with E-state index in [0.29, 0.717) is 0 Å². The van der Waals surface area contributed by atoms with E-state index in [1.807, 2.05) is 0 Å². The van der Waals surface area contributed by atoms with Crippen LogP contribution in [0.2, 0.25) is 0 Å². The van der Waals surface area contributed by atoms with Crippen molar-refractivity contribution in [1.82, 2.24) is 12.3 Å². The van der Waals surface area contributed by atoms with Crippen LogP contribution < -0.4 is 12.3 Å². The van der Waals surface area contributed by atoms with Crippen LogP contribution in [-0.2, 0) is 0 Å². The second kappa shape index (κ2) is 25.3. The molecular weight excluding hydrogens is 60.0 g/mol. The van der Waals surface area contributed by atoms with E-state index in [2.05, 4.69) is 0 Å². The third-order valence-electron chi connectivity index (χ3n) is 0. The number of hydrogen-bond donors (Lipinski definition) is 2. The summed E-state index contributed by atoms with van der Waals surface area (Å²) in [6.45, 7) is 0. The Hall–Kier alpha value is -0.480. The topological polar surface area (TPSA) is 104 Å². The molecule has 0 bridgehead atoms. The highest BCUT2D eigenvalue weighted by Gasteiger charge is 0.707. The standard InChI is InChI=1S/2H3N.O2/c;;1-2/h2*1H3;. The van der Waals surface area contributed by atoms with Crippen molar-refractivity contribution in [2.45, 2.75) is 0 Å². The van der Waals surface area contributed by atoms with Crippen LogP contribution in [0.15, 0.2) is 0 Å². The first kappa shape index (κ1) is 82.7. The maximum Gasteiger partial charge on any atom is 0 e. The minimum absolute atomic E-state index is 0. The summed E-state index contributed by atoms with van der Waals surface area (Å²) in [5.74, 6) is 0. The van der Waals surface area contributed by atoms with Gasteiger partial charge in [0, 0.05) is 9.93 Å². The van der Waals surface area contributed by atoms with Crippen molar-refractivity contribution in [3.05, 3.63) is 9.93 Å². The van der Waals surface area contributed by atoms with E-state index in [1.165, 1.54) is 0 Å². The smallest absolute Gasteiger partial charge is 0 e. The molecule has 0 aromatic heterocycles. The molecule has 0 aromatic carbocycles. The lowest BCUT2D eigenvalue weighted by molar-refractivity contribution is 2.13. The van der Waals surface area contributed by atoms with Gasteiger partial charge in [-0.1, -0.05) is 0 Å². The van der Waals surface area contributed by atoms with Gasteiger partial charge in [-0.2, -0.15) is 0 Å². The van der Waals surface area contributed by atoms with Crippen LogP contribution in [0.25, 0.3) is 0 Å². The zero-order valence-electron chi connectivity index (χ0n) is 2.23. The predicted octanol–water partition coefficient (Wildman–Crippen LogP) is 0.391. The Morgan fingerprint density at radius 1 is 0.750 bits per heavy atom. The van der Waals surface area contributed by atoms with Crippen molar-refractivity contribution < 1.29 is 0 Å². The average Bonchev–Trinajstić information content (AvgIpc) is 1.00. The van der Waals surface area contributed by atoms with Gasteiger partial charge in [-0.05, 0) is 0 Å². The predicted molar refractivity (Wildman–Crippen MR) is 16.8 cm³/mol. The molecule has 0 aliphatic carbocycles. The zero-order valence-corrected chi connectivity index (χ0v) is 2.23. The fourth-order valence-corrected chi connectivity index (χ4v) is 0. The minimum atomic E-state index is 0. The zero-order chi connectivity index (χ0) is 2.00. The Labute approximate surface area is 23.6 Å². The second-order valence-corrected chi connectivity index (χ2v) is 0. The largest absolute Gasteiger partial charge is 0.344 e. The molecule has 4 heteroatoms. The molecule has 0 spiro atoms. The first-order chi connectivity index (χ1) is 1.00. The second-order valence-electron chi connectivity index (χ2n) is 0. The summed E-state index contributed by atoms with van der Waals surface area (Å²) in [6.07, 6.45) is 0. The quantitative estimate of drug-likeness (QED) is 0.426. The Morgan fingerprint density at radius 3 is 0.750 bits per heavy atom. The number of rotatable bonds is 0. The van der Waals surface area contributed by atoms with Crippen molar-refractivity contribution >= 4 is 0 Å². The van der Waals surface area contributed by atoms with Crippen LogP contribution in [0.5, 0.6) is 0 Å². The highest BCUT2D eigenvalue weighted by atomic mass is 16.7. The Balaban J connectivity index is -0.00000000500. The molecule has 6 N–H and O–H groups in total. The average molecular weight is 66.1 g/mol. The van der Waals surface area contributed by atoms with E-state index in [4.69, 9.17) is 9.93 Å². The summed E-state index contributed by atoms with van der Waals surface area (Å²) < 4.78 is 0. The summed E-state index contributed by atoms with van der Waals surface area (Å²) >= 11 is 0. The van der Waals surface area contributed by atoms with Gasteiger partial charge in [0.1, 0.15) is 0 Å². The Morgan fingerprint density at radius 2 is 0.750 bits per heavy atom. The molecule has 0 saturated heterocycles. The van der Waals surface area contributed by atoms with Crippen LogP contribution in [0.3, 0.4) is 0 Å². The Kier molecular flexibility index (Phi) is 522. The highest BCUT2D eigenvalue weighted by Crippen LogP contribution is 0.741. The first-order valence-electron chi connectivity index (χ1n) is 0.167. The molecule has 4 nitrogen and oxygen atoms in total. The van der Waals surface area contributed by atoms with Gasteiger partial charge in [0.25, 0.3) is 0 Å². The van der Waals surface area contributed by atoms with Gasteiger partial charge < -0.3 is 12.3 Å². The van der Waals surface area contributed by atoms with Gasteiger partial charge >= 0.3 is 0 Å². The molecule has 0 heterocycles. The molecule has 0 rings (SSSR count). The van der Waals surface area contributed by atoms with Crippen LogP contribution in [0, 0.1) is 9.93 Å². The third kappa shape index (κ3) is 1.78. The third-order valence-corrected chi connectivity index (χ3v) is 0. The molecule has 0 aliphatic heterocycles.